The lowest BCUT2D eigenvalue weighted by molar-refractivity contribution is -0.143. The highest BCUT2D eigenvalue weighted by molar-refractivity contribution is 6.05. The molecule has 7 heteroatoms. The monoisotopic (exact) mass is 384 g/mol. The molecular weight excluding hydrogens is 363 g/mol. The number of aliphatic carboxylic acids is 1. The van der Waals surface area contributed by atoms with Crippen molar-refractivity contribution in [1.82, 2.24) is 4.90 Å². The Hall–Kier alpha value is -3.22. The number of carbonyl (C=O) groups is 3. The number of aryl methyl sites for hydroxylation is 1. The van der Waals surface area contributed by atoms with E-state index in [0.29, 0.717) is 29.8 Å². The number of nitrogens with one attached hydrogen (secondary N) is 1. The van der Waals surface area contributed by atoms with Crippen LogP contribution in [0, 0.1) is 12.7 Å². The fourth-order valence-corrected chi connectivity index (χ4v) is 3.26. The van der Waals surface area contributed by atoms with Gasteiger partial charge in [0.15, 0.2) is 0 Å². The summed E-state index contributed by atoms with van der Waals surface area (Å²) in [6, 6.07) is 9.67. The first-order chi connectivity index (χ1) is 13.4. The molecule has 28 heavy (non-hydrogen) atoms. The van der Waals surface area contributed by atoms with Gasteiger partial charge in [0.1, 0.15) is 11.9 Å². The lowest BCUT2D eigenvalue weighted by atomic mass is 10.0. The molecule has 0 radical (unpaired) electrons. The normalized spacial score (nSPS) is 16.5. The van der Waals surface area contributed by atoms with Crippen LogP contribution in [0.1, 0.15) is 45.5 Å². The molecule has 1 saturated heterocycles. The van der Waals surface area contributed by atoms with Gasteiger partial charge in [0.2, 0.25) is 0 Å². The van der Waals surface area contributed by atoms with E-state index in [4.69, 9.17) is 0 Å². The summed E-state index contributed by atoms with van der Waals surface area (Å²) in [6.07, 6.45) is 1.95. The molecule has 1 fully saturated rings. The molecule has 1 unspecified atom stereocenters. The van der Waals surface area contributed by atoms with Crippen LogP contribution >= 0.6 is 0 Å². The number of amides is 2. The number of nitrogens with zero attached hydrogens (tertiary/aromatic N) is 1. The maximum Gasteiger partial charge on any atom is 0.326 e. The highest BCUT2D eigenvalue weighted by Crippen LogP contribution is 2.22. The van der Waals surface area contributed by atoms with Crippen LogP contribution in [0.2, 0.25) is 0 Å². The first-order valence-electron chi connectivity index (χ1n) is 9.08. The minimum Gasteiger partial charge on any atom is -0.480 e. The number of carboxylic acids is 1. The molecule has 0 saturated carbocycles. The van der Waals surface area contributed by atoms with Gasteiger partial charge in [-0.1, -0.05) is 12.1 Å². The van der Waals surface area contributed by atoms with Gasteiger partial charge >= 0.3 is 5.97 Å². The summed E-state index contributed by atoms with van der Waals surface area (Å²) in [6.45, 7) is 1.99. The molecule has 0 spiro atoms. The van der Waals surface area contributed by atoms with Crippen molar-refractivity contribution in [3.63, 3.8) is 0 Å². The van der Waals surface area contributed by atoms with Crippen LogP contribution in [-0.2, 0) is 4.79 Å². The first-order valence-corrected chi connectivity index (χ1v) is 9.08. The number of carboxylic acid groups (broad SMARTS) is 1. The lowest BCUT2D eigenvalue weighted by Crippen LogP contribution is -2.48. The average molecular weight is 384 g/mol. The number of piperidine rings is 1. The molecule has 3 rings (SSSR count). The molecule has 0 bridgehead atoms. The summed E-state index contributed by atoms with van der Waals surface area (Å²) in [7, 11) is 0. The number of hydrogen-bond acceptors (Lipinski definition) is 3. The molecule has 0 aliphatic carbocycles. The quantitative estimate of drug-likeness (QED) is 0.845. The molecule has 2 aromatic carbocycles. The molecular formula is C21H21FN2O4. The minimum atomic E-state index is -1.01. The van der Waals surface area contributed by atoms with Gasteiger partial charge in [0.05, 0.1) is 0 Å². The van der Waals surface area contributed by atoms with Crippen LogP contribution in [0.15, 0.2) is 42.5 Å². The lowest BCUT2D eigenvalue weighted by Gasteiger charge is -2.33. The maximum atomic E-state index is 13.7. The summed E-state index contributed by atoms with van der Waals surface area (Å²) >= 11 is 0. The summed E-state index contributed by atoms with van der Waals surface area (Å²) in [5.74, 6) is -2.37. The van der Waals surface area contributed by atoms with Crippen LogP contribution in [-0.4, -0.2) is 40.4 Å². The van der Waals surface area contributed by atoms with E-state index in [-0.39, 0.29) is 11.5 Å². The summed E-state index contributed by atoms with van der Waals surface area (Å²) in [5.41, 5.74) is 1.28. The van der Waals surface area contributed by atoms with E-state index in [9.17, 15) is 23.9 Å². The fourth-order valence-electron chi connectivity index (χ4n) is 3.26. The Morgan fingerprint density at radius 2 is 1.89 bits per heavy atom. The van der Waals surface area contributed by atoms with E-state index in [1.807, 2.05) is 0 Å². The third-order valence-corrected chi connectivity index (χ3v) is 4.85. The van der Waals surface area contributed by atoms with E-state index in [1.165, 1.54) is 23.1 Å². The number of halogens is 1. The van der Waals surface area contributed by atoms with Crippen molar-refractivity contribution in [1.29, 1.82) is 0 Å². The zero-order valence-electron chi connectivity index (χ0n) is 15.4. The fraction of sp³-hybridized carbons (Fsp3) is 0.286. The van der Waals surface area contributed by atoms with Crippen molar-refractivity contribution in [2.45, 2.75) is 32.2 Å². The average Bonchev–Trinajstić information content (AvgIpc) is 2.69. The number of benzene rings is 2. The van der Waals surface area contributed by atoms with Crippen molar-refractivity contribution >= 4 is 23.5 Å². The van der Waals surface area contributed by atoms with Crippen molar-refractivity contribution < 1.29 is 23.9 Å². The Kier molecular flexibility index (Phi) is 5.73. The SMILES string of the molecule is Cc1ccc(C(=O)Nc2cccc(C(=O)N3CCCCC3C(=O)O)c2)cc1F. The topological polar surface area (TPSA) is 86.7 Å². The summed E-state index contributed by atoms with van der Waals surface area (Å²) in [4.78, 5) is 38.0. The van der Waals surface area contributed by atoms with Gasteiger partial charge in [-0.05, 0) is 62.1 Å². The summed E-state index contributed by atoms with van der Waals surface area (Å²) in [5, 5.41) is 12.0. The molecule has 1 heterocycles. The van der Waals surface area contributed by atoms with Crippen LogP contribution in [0.3, 0.4) is 0 Å². The highest BCUT2D eigenvalue weighted by Gasteiger charge is 2.32. The van der Waals surface area contributed by atoms with Crippen molar-refractivity contribution in [2.75, 3.05) is 11.9 Å². The standard InChI is InChI=1S/C21H21FN2O4/c1-13-8-9-14(12-17(13)22)19(25)23-16-6-4-5-15(11-16)20(26)24-10-3-2-7-18(24)21(27)28/h4-6,8-9,11-12,18H,2-3,7,10H2,1H3,(H,23,25)(H,27,28). The predicted octanol–water partition coefficient (Wildman–Crippen LogP) is 3.47. The number of carbonyl (C=O) groups excluding carboxylic acids is 2. The van der Waals surface area contributed by atoms with Gasteiger partial charge < -0.3 is 15.3 Å². The zero-order valence-corrected chi connectivity index (χ0v) is 15.4. The van der Waals surface area contributed by atoms with E-state index in [2.05, 4.69) is 5.32 Å². The highest BCUT2D eigenvalue weighted by atomic mass is 19.1. The van der Waals surface area contributed by atoms with Gasteiger partial charge in [0.25, 0.3) is 11.8 Å². The molecule has 146 valence electrons. The molecule has 0 aromatic heterocycles. The van der Waals surface area contributed by atoms with Crippen molar-refractivity contribution in [3.8, 4) is 0 Å². The van der Waals surface area contributed by atoms with Crippen molar-refractivity contribution in [2.24, 2.45) is 0 Å². The Labute approximate surface area is 162 Å². The van der Waals surface area contributed by atoms with Gasteiger partial charge in [-0.15, -0.1) is 0 Å². The van der Waals surface area contributed by atoms with Crippen LogP contribution in [0.5, 0.6) is 0 Å². The Morgan fingerprint density at radius 3 is 2.61 bits per heavy atom. The maximum absolute atomic E-state index is 13.7. The molecule has 2 N–H and O–H groups in total. The summed E-state index contributed by atoms with van der Waals surface area (Å²) < 4.78 is 13.7. The van der Waals surface area contributed by atoms with Gasteiger partial charge in [-0.25, -0.2) is 9.18 Å². The third-order valence-electron chi connectivity index (χ3n) is 4.85. The zero-order chi connectivity index (χ0) is 20.3. The van der Waals surface area contributed by atoms with Crippen LogP contribution in [0.25, 0.3) is 0 Å². The van der Waals surface area contributed by atoms with Gasteiger partial charge in [-0.2, -0.15) is 0 Å². The molecule has 1 atom stereocenters. The Bertz CT molecular complexity index is 928. The number of rotatable bonds is 4. The Morgan fingerprint density at radius 1 is 1.11 bits per heavy atom. The minimum absolute atomic E-state index is 0.168. The van der Waals surface area contributed by atoms with Crippen LogP contribution in [0.4, 0.5) is 10.1 Å². The number of anilines is 1. The largest absolute Gasteiger partial charge is 0.480 e. The number of hydrogen-bond donors (Lipinski definition) is 2. The van der Waals surface area contributed by atoms with Gasteiger partial charge in [-0.3, -0.25) is 9.59 Å². The van der Waals surface area contributed by atoms with Gasteiger partial charge in [0, 0.05) is 23.4 Å². The molecule has 6 nitrogen and oxygen atoms in total. The predicted molar refractivity (Wildman–Crippen MR) is 102 cm³/mol. The van der Waals surface area contributed by atoms with Crippen LogP contribution < -0.4 is 5.32 Å². The van der Waals surface area contributed by atoms with Crippen molar-refractivity contribution in [3.05, 3.63) is 65.0 Å². The second-order valence-electron chi connectivity index (χ2n) is 6.85. The second-order valence-corrected chi connectivity index (χ2v) is 6.85. The van der Waals surface area contributed by atoms with E-state index in [0.717, 1.165) is 18.9 Å². The molecule has 2 amide bonds. The first kappa shape index (κ1) is 19.5. The smallest absolute Gasteiger partial charge is 0.326 e. The Balaban J connectivity index is 1.77. The number of likely N-dealkylation sites (tertiary alicyclic amines) is 1. The van der Waals surface area contributed by atoms with E-state index in [1.54, 1.807) is 25.1 Å². The van der Waals surface area contributed by atoms with E-state index < -0.39 is 23.7 Å². The third kappa shape index (κ3) is 4.19. The molecule has 1 aliphatic heterocycles. The van der Waals surface area contributed by atoms with E-state index >= 15 is 0 Å². The molecule has 2 aromatic rings. The second kappa shape index (κ2) is 8.21. The molecule has 1 aliphatic rings.